The number of aryl methyl sites for hydroxylation is 1. The third-order valence-electron chi connectivity index (χ3n) is 6.76. The lowest BCUT2D eigenvalue weighted by atomic mass is 9.72. The molecule has 0 saturated heterocycles. The molecule has 1 fully saturated rings. The summed E-state index contributed by atoms with van der Waals surface area (Å²) in [5.41, 5.74) is 0.460. The highest BCUT2D eigenvalue weighted by Gasteiger charge is 2.43. The van der Waals surface area contributed by atoms with Gasteiger partial charge < -0.3 is 19.3 Å². The van der Waals surface area contributed by atoms with E-state index in [4.69, 9.17) is 14.2 Å². The lowest BCUT2D eigenvalue weighted by Gasteiger charge is -2.40. The van der Waals surface area contributed by atoms with Crippen LogP contribution in [-0.2, 0) is 14.8 Å². The maximum absolute atomic E-state index is 13.8. The number of benzene rings is 1. The number of methoxy groups -OCH3 is 2. The van der Waals surface area contributed by atoms with Crippen molar-refractivity contribution in [1.29, 1.82) is 0 Å². The first-order valence-electron chi connectivity index (χ1n) is 12.8. The van der Waals surface area contributed by atoms with E-state index in [-0.39, 0.29) is 17.7 Å². The van der Waals surface area contributed by atoms with Crippen LogP contribution in [0.4, 0.5) is 5.95 Å². The number of rotatable bonds is 12. The SMILES string of the molecule is CCCOC(c1ncc(C)cn1)C(C)S(=O)(=O)Nc1nnc(C2CC(C)(O)C2)n1-c1c(OC)cccc1OC. The molecule has 39 heavy (non-hydrogen) atoms. The van der Waals surface area contributed by atoms with Gasteiger partial charge in [0.05, 0.1) is 19.8 Å². The average molecular weight is 561 g/mol. The molecule has 0 bridgehead atoms. The minimum Gasteiger partial charge on any atom is -0.494 e. The van der Waals surface area contributed by atoms with Crippen molar-refractivity contribution in [3.63, 3.8) is 0 Å². The normalized spacial score (nSPS) is 20.6. The van der Waals surface area contributed by atoms with E-state index in [0.717, 1.165) is 5.56 Å². The molecule has 0 amide bonds. The topological polar surface area (TPSA) is 151 Å². The summed E-state index contributed by atoms with van der Waals surface area (Å²) in [5.74, 6) is 1.44. The molecular weight excluding hydrogens is 524 g/mol. The Balaban J connectivity index is 1.77. The van der Waals surface area contributed by atoms with E-state index in [9.17, 15) is 13.5 Å². The molecule has 212 valence electrons. The second-order valence-electron chi connectivity index (χ2n) is 10.1. The number of nitrogens with one attached hydrogen (secondary N) is 1. The molecule has 4 rings (SSSR count). The molecule has 2 N–H and O–H groups in total. The van der Waals surface area contributed by atoms with E-state index < -0.39 is 27.0 Å². The number of hydrogen-bond donors (Lipinski definition) is 2. The highest BCUT2D eigenvalue weighted by atomic mass is 32.2. The largest absolute Gasteiger partial charge is 0.494 e. The van der Waals surface area contributed by atoms with Crippen molar-refractivity contribution in [1.82, 2.24) is 24.7 Å². The van der Waals surface area contributed by atoms with Crippen LogP contribution in [0.1, 0.15) is 69.3 Å². The third kappa shape index (κ3) is 5.99. The summed E-state index contributed by atoms with van der Waals surface area (Å²) in [6.45, 7) is 7.42. The third-order valence-corrected chi connectivity index (χ3v) is 8.45. The van der Waals surface area contributed by atoms with Gasteiger partial charge in [-0.05, 0) is 57.7 Å². The van der Waals surface area contributed by atoms with Crippen LogP contribution < -0.4 is 14.2 Å². The Hall–Kier alpha value is -3.29. The molecule has 2 heterocycles. The fraction of sp³-hybridized carbons (Fsp3) is 0.538. The molecule has 2 aromatic heterocycles. The van der Waals surface area contributed by atoms with Crippen molar-refractivity contribution in [2.24, 2.45) is 0 Å². The summed E-state index contributed by atoms with van der Waals surface area (Å²) in [6, 6.07) is 5.24. The van der Waals surface area contributed by atoms with E-state index in [2.05, 4.69) is 24.9 Å². The predicted molar refractivity (Wildman–Crippen MR) is 145 cm³/mol. The molecule has 13 heteroatoms. The van der Waals surface area contributed by atoms with Crippen LogP contribution in [0.5, 0.6) is 11.5 Å². The molecule has 0 spiro atoms. The van der Waals surface area contributed by atoms with Crippen LogP contribution in [0.15, 0.2) is 30.6 Å². The van der Waals surface area contributed by atoms with Gasteiger partial charge in [0.2, 0.25) is 16.0 Å². The minimum absolute atomic E-state index is 0.0368. The van der Waals surface area contributed by atoms with E-state index in [1.165, 1.54) is 14.2 Å². The Morgan fingerprint density at radius 2 is 1.77 bits per heavy atom. The van der Waals surface area contributed by atoms with Gasteiger partial charge in [0.1, 0.15) is 34.4 Å². The smallest absolute Gasteiger partial charge is 0.243 e. The van der Waals surface area contributed by atoms with Crippen molar-refractivity contribution in [2.75, 3.05) is 25.5 Å². The van der Waals surface area contributed by atoms with Gasteiger partial charge in [-0.25, -0.2) is 18.4 Å². The standard InChI is InChI=1S/C26H36N6O6S/c1-7-11-38-22(23-27-14-16(2)15-28-23)17(3)39(34,35)31-25-30-29-24(18-12-26(4,33)13-18)32(25)21-19(36-5)9-8-10-20(21)37-6/h8-10,14-15,17-18,22,33H,7,11-13H2,1-6H3,(H,30,31). The van der Waals surface area contributed by atoms with Gasteiger partial charge in [-0.1, -0.05) is 13.0 Å². The van der Waals surface area contributed by atoms with Gasteiger partial charge in [-0.15, -0.1) is 10.2 Å². The Labute approximate surface area is 228 Å². The zero-order valence-electron chi connectivity index (χ0n) is 23.1. The molecule has 2 unspecified atom stereocenters. The Bertz CT molecular complexity index is 1360. The van der Waals surface area contributed by atoms with Gasteiger partial charge in [-0.2, -0.15) is 0 Å². The van der Waals surface area contributed by atoms with Crippen molar-refractivity contribution < 1.29 is 27.7 Å². The zero-order valence-corrected chi connectivity index (χ0v) is 23.9. The highest BCUT2D eigenvalue weighted by Crippen LogP contribution is 2.46. The molecule has 2 atom stereocenters. The van der Waals surface area contributed by atoms with Crippen molar-refractivity contribution >= 4 is 16.0 Å². The van der Waals surface area contributed by atoms with Crippen LogP contribution in [0.3, 0.4) is 0 Å². The van der Waals surface area contributed by atoms with Crippen molar-refractivity contribution in [2.45, 2.75) is 69.8 Å². The molecule has 3 aromatic rings. The molecule has 1 saturated carbocycles. The monoisotopic (exact) mass is 560 g/mol. The molecule has 0 radical (unpaired) electrons. The van der Waals surface area contributed by atoms with Gasteiger partial charge in [0, 0.05) is 24.9 Å². The first kappa shape index (κ1) is 28.7. The number of nitrogens with zero attached hydrogens (tertiary/aromatic N) is 5. The predicted octanol–water partition coefficient (Wildman–Crippen LogP) is 3.31. The van der Waals surface area contributed by atoms with Crippen LogP contribution in [-0.4, -0.2) is 69.9 Å². The maximum atomic E-state index is 13.8. The Morgan fingerprint density at radius 3 is 2.31 bits per heavy atom. The van der Waals surface area contributed by atoms with Crippen molar-refractivity contribution in [3.8, 4) is 17.2 Å². The number of aliphatic hydroxyl groups is 1. The Kier molecular flexibility index (Phi) is 8.42. The van der Waals surface area contributed by atoms with Crippen LogP contribution in [0, 0.1) is 6.92 Å². The second-order valence-corrected chi connectivity index (χ2v) is 12.1. The van der Waals surface area contributed by atoms with Gasteiger partial charge >= 0.3 is 0 Å². The van der Waals surface area contributed by atoms with Crippen LogP contribution >= 0.6 is 0 Å². The molecule has 1 aliphatic carbocycles. The first-order chi connectivity index (χ1) is 18.5. The minimum atomic E-state index is -4.10. The number of para-hydroxylation sites is 1. The Morgan fingerprint density at radius 1 is 1.15 bits per heavy atom. The maximum Gasteiger partial charge on any atom is 0.243 e. The molecule has 0 aliphatic heterocycles. The summed E-state index contributed by atoms with van der Waals surface area (Å²) < 4.78 is 48.9. The number of aromatic nitrogens is 5. The summed E-state index contributed by atoms with van der Waals surface area (Å²) in [7, 11) is -1.08. The van der Waals surface area contributed by atoms with E-state index >= 15 is 0 Å². The summed E-state index contributed by atoms with van der Waals surface area (Å²) in [6.07, 6.45) is 3.93. The average Bonchev–Trinajstić information content (AvgIpc) is 3.29. The fourth-order valence-corrected chi connectivity index (χ4v) is 5.78. The first-order valence-corrected chi connectivity index (χ1v) is 14.4. The van der Waals surface area contributed by atoms with E-state index in [0.29, 0.717) is 48.9 Å². The van der Waals surface area contributed by atoms with E-state index in [1.807, 2.05) is 13.8 Å². The molecule has 1 aromatic carbocycles. The second kappa shape index (κ2) is 11.4. The van der Waals surface area contributed by atoms with E-state index in [1.54, 1.807) is 49.0 Å². The number of anilines is 1. The molecular formula is C26H36N6O6S. The van der Waals surface area contributed by atoms with Gasteiger partial charge in [-0.3, -0.25) is 9.29 Å². The number of ether oxygens (including phenoxy) is 3. The lowest BCUT2D eigenvalue weighted by molar-refractivity contribution is -0.0338. The summed E-state index contributed by atoms with van der Waals surface area (Å²) in [4.78, 5) is 8.65. The highest BCUT2D eigenvalue weighted by molar-refractivity contribution is 7.93. The lowest BCUT2D eigenvalue weighted by Crippen LogP contribution is -2.40. The van der Waals surface area contributed by atoms with Crippen LogP contribution in [0.25, 0.3) is 5.69 Å². The van der Waals surface area contributed by atoms with Gasteiger partial charge in [0.15, 0.2) is 5.82 Å². The summed E-state index contributed by atoms with van der Waals surface area (Å²) >= 11 is 0. The summed E-state index contributed by atoms with van der Waals surface area (Å²) in [5, 5.41) is 17.9. The molecule has 1 aliphatic rings. The van der Waals surface area contributed by atoms with Crippen LogP contribution in [0.2, 0.25) is 0 Å². The zero-order chi connectivity index (χ0) is 28.4. The quantitative estimate of drug-likeness (QED) is 0.338. The fourth-order valence-electron chi connectivity index (χ4n) is 4.68. The van der Waals surface area contributed by atoms with Gasteiger partial charge in [0.25, 0.3) is 0 Å². The number of sulfonamides is 1. The molecule has 12 nitrogen and oxygen atoms in total. The number of hydrogen-bond acceptors (Lipinski definition) is 10. The van der Waals surface area contributed by atoms with Crippen molar-refractivity contribution in [3.05, 3.63) is 47.8 Å².